The maximum Gasteiger partial charge on any atom is 0.277 e. The van der Waals surface area contributed by atoms with Crippen molar-refractivity contribution in [3.8, 4) is 5.75 Å². The van der Waals surface area contributed by atoms with Crippen LogP contribution in [0.3, 0.4) is 0 Å². The molecule has 2 fully saturated rings. The summed E-state index contributed by atoms with van der Waals surface area (Å²) < 4.78 is 10.5. The van der Waals surface area contributed by atoms with Crippen LogP contribution in [0.4, 0.5) is 0 Å². The molecule has 2 aliphatic rings. The highest BCUT2D eigenvalue weighted by molar-refractivity contribution is 7.80. The average Bonchev–Trinajstić information content (AvgIpc) is 2.84. The number of nitrogens with zero attached hydrogens (tertiary/aromatic N) is 2. The van der Waals surface area contributed by atoms with Crippen LogP contribution in [0.25, 0.3) is 6.08 Å². The largest absolute Gasteiger partial charge is 0.497 e. The van der Waals surface area contributed by atoms with Crippen LogP contribution in [0.1, 0.15) is 5.56 Å². The van der Waals surface area contributed by atoms with Gasteiger partial charge in [0, 0.05) is 13.1 Å². The molecule has 3 rings (SSSR count). The Morgan fingerprint density at radius 2 is 2.00 bits per heavy atom. The zero-order valence-electron chi connectivity index (χ0n) is 12.9. The van der Waals surface area contributed by atoms with Crippen LogP contribution in [0.2, 0.25) is 0 Å². The predicted octanol–water partition coefficient (Wildman–Crippen LogP) is 1.04. The molecule has 6 nitrogen and oxygen atoms in total. The van der Waals surface area contributed by atoms with Gasteiger partial charge in [-0.1, -0.05) is 12.1 Å². The van der Waals surface area contributed by atoms with Gasteiger partial charge >= 0.3 is 0 Å². The topological polar surface area (TPSA) is 54.0 Å². The van der Waals surface area contributed by atoms with Gasteiger partial charge in [0.2, 0.25) is 0 Å². The van der Waals surface area contributed by atoms with Crippen molar-refractivity contribution < 1.29 is 14.3 Å². The van der Waals surface area contributed by atoms with Crippen LogP contribution in [-0.2, 0) is 9.53 Å². The molecule has 7 heteroatoms. The first-order chi connectivity index (χ1) is 11.2. The Kier molecular flexibility index (Phi) is 4.90. The summed E-state index contributed by atoms with van der Waals surface area (Å²) in [7, 11) is 1.62. The standard InChI is InChI=1S/C16H19N3O3S/c1-21-13-4-2-12(3-5-13)10-14-15(20)19(16(23)17-14)11-18-6-8-22-9-7-18/h2-5,10H,6-9,11H2,1H3,(H,17,23)/b14-10-. The summed E-state index contributed by atoms with van der Waals surface area (Å²) in [5.41, 5.74) is 1.41. The second-order valence-electron chi connectivity index (χ2n) is 5.37. The number of ether oxygens (including phenoxy) is 2. The molecule has 23 heavy (non-hydrogen) atoms. The smallest absolute Gasteiger partial charge is 0.277 e. The number of carbonyl (C=O) groups is 1. The molecule has 0 saturated carbocycles. The van der Waals surface area contributed by atoms with Gasteiger partial charge in [-0.15, -0.1) is 0 Å². The highest BCUT2D eigenvalue weighted by Crippen LogP contribution is 2.17. The monoisotopic (exact) mass is 333 g/mol. The zero-order valence-corrected chi connectivity index (χ0v) is 13.8. The number of methoxy groups -OCH3 is 1. The Morgan fingerprint density at radius 1 is 1.30 bits per heavy atom. The molecule has 2 heterocycles. The van der Waals surface area contributed by atoms with Crippen molar-refractivity contribution in [1.29, 1.82) is 0 Å². The lowest BCUT2D eigenvalue weighted by atomic mass is 10.2. The van der Waals surface area contributed by atoms with Gasteiger partial charge in [-0.25, -0.2) is 0 Å². The van der Waals surface area contributed by atoms with Gasteiger partial charge < -0.3 is 14.8 Å². The van der Waals surface area contributed by atoms with Crippen molar-refractivity contribution in [1.82, 2.24) is 15.1 Å². The molecule has 2 aliphatic heterocycles. The molecular formula is C16H19N3O3S. The minimum atomic E-state index is -0.0997. The first-order valence-corrected chi connectivity index (χ1v) is 7.87. The number of rotatable bonds is 4. The lowest BCUT2D eigenvalue weighted by Gasteiger charge is -2.29. The van der Waals surface area contributed by atoms with Crippen LogP contribution in [0, 0.1) is 0 Å². The number of carbonyl (C=O) groups excluding carboxylic acids is 1. The lowest BCUT2D eigenvalue weighted by molar-refractivity contribution is -0.124. The van der Waals surface area contributed by atoms with Gasteiger partial charge in [0.15, 0.2) is 5.11 Å². The number of nitrogens with one attached hydrogen (secondary N) is 1. The molecule has 122 valence electrons. The van der Waals surface area contributed by atoms with Crippen LogP contribution in [-0.4, -0.2) is 60.9 Å². The number of hydrogen-bond donors (Lipinski definition) is 1. The summed E-state index contributed by atoms with van der Waals surface area (Å²) in [4.78, 5) is 16.3. The summed E-state index contributed by atoms with van der Waals surface area (Å²) in [6.45, 7) is 3.50. The highest BCUT2D eigenvalue weighted by Gasteiger charge is 2.32. The number of benzene rings is 1. The Morgan fingerprint density at radius 3 is 2.65 bits per heavy atom. The second-order valence-corrected chi connectivity index (χ2v) is 5.75. The summed E-state index contributed by atoms with van der Waals surface area (Å²) in [6, 6.07) is 7.51. The van der Waals surface area contributed by atoms with E-state index in [1.165, 1.54) is 0 Å². The molecule has 2 saturated heterocycles. The van der Waals surface area contributed by atoms with Crippen LogP contribution < -0.4 is 10.1 Å². The van der Waals surface area contributed by atoms with Crippen molar-refractivity contribution in [2.45, 2.75) is 0 Å². The maximum absolute atomic E-state index is 12.5. The van der Waals surface area contributed by atoms with Gasteiger partial charge in [0.25, 0.3) is 5.91 Å². The Balaban J connectivity index is 1.70. The van der Waals surface area contributed by atoms with E-state index in [4.69, 9.17) is 21.7 Å². The fraction of sp³-hybridized carbons (Fsp3) is 0.375. The molecule has 0 radical (unpaired) electrons. The fourth-order valence-electron chi connectivity index (χ4n) is 2.51. The first-order valence-electron chi connectivity index (χ1n) is 7.46. The quantitative estimate of drug-likeness (QED) is 0.656. The first kappa shape index (κ1) is 15.9. The van der Waals surface area contributed by atoms with Gasteiger partial charge in [0.1, 0.15) is 11.4 Å². The molecule has 1 aromatic carbocycles. The van der Waals surface area contributed by atoms with E-state index in [1.54, 1.807) is 18.1 Å². The third kappa shape index (κ3) is 3.69. The Hall–Kier alpha value is -1.96. The van der Waals surface area contributed by atoms with Crippen molar-refractivity contribution in [2.75, 3.05) is 40.1 Å². The minimum Gasteiger partial charge on any atom is -0.497 e. The van der Waals surface area contributed by atoms with Gasteiger partial charge in [-0.05, 0) is 36.0 Å². The molecule has 0 unspecified atom stereocenters. The molecule has 1 N–H and O–H groups in total. The lowest BCUT2D eigenvalue weighted by Crippen LogP contribution is -2.46. The second kappa shape index (κ2) is 7.08. The van der Waals surface area contributed by atoms with Gasteiger partial charge in [-0.3, -0.25) is 14.6 Å². The summed E-state index contributed by atoms with van der Waals surface area (Å²) >= 11 is 5.29. The number of amides is 1. The van der Waals surface area contributed by atoms with Crippen molar-refractivity contribution >= 4 is 29.3 Å². The molecule has 1 amide bonds. The molecule has 0 aliphatic carbocycles. The van der Waals surface area contributed by atoms with Crippen LogP contribution in [0.15, 0.2) is 30.0 Å². The van der Waals surface area contributed by atoms with E-state index < -0.39 is 0 Å². The normalized spacial score (nSPS) is 20.9. The molecule has 0 atom stereocenters. The number of hydrogen-bond acceptors (Lipinski definition) is 5. The van der Waals surface area contributed by atoms with E-state index in [0.29, 0.717) is 30.7 Å². The number of morpholine rings is 1. The van der Waals surface area contributed by atoms with E-state index in [0.717, 1.165) is 24.4 Å². The number of thiocarbonyl (C=S) groups is 1. The van der Waals surface area contributed by atoms with E-state index in [1.807, 2.05) is 24.3 Å². The Labute approximate surface area is 140 Å². The molecule has 0 bridgehead atoms. The maximum atomic E-state index is 12.5. The van der Waals surface area contributed by atoms with Crippen molar-refractivity contribution in [3.63, 3.8) is 0 Å². The highest BCUT2D eigenvalue weighted by atomic mass is 32.1. The molecule has 1 aromatic rings. The molecule has 0 aromatic heterocycles. The van der Waals surface area contributed by atoms with Gasteiger partial charge in [-0.2, -0.15) is 0 Å². The molecular weight excluding hydrogens is 314 g/mol. The third-order valence-electron chi connectivity index (χ3n) is 3.83. The SMILES string of the molecule is COc1ccc(/C=C2\NC(=S)N(CN3CCOCC3)C2=O)cc1. The summed E-state index contributed by atoms with van der Waals surface area (Å²) in [5, 5.41) is 3.45. The predicted molar refractivity (Wildman–Crippen MR) is 90.8 cm³/mol. The van der Waals surface area contributed by atoms with Crippen molar-refractivity contribution in [3.05, 3.63) is 35.5 Å². The van der Waals surface area contributed by atoms with Crippen LogP contribution in [0.5, 0.6) is 5.75 Å². The van der Waals surface area contributed by atoms with Gasteiger partial charge in [0.05, 0.1) is 27.0 Å². The average molecular weight is 333 g/mol. The minimum absolute atomic E-state index is 0.0997. The van der Waals surface area contributed by atoms with E-state index >= 15 is 0 Å². The summed E-state index contributed by atoms with van der Waals surface area (Å²) in [5.74, 6) is 0.680. The molecule has 0 spiro atoms. The third-order valence-corrected chi connectivity index (χ3v) is 4.16. The fourth-order valence-corrected chi connectivity index (χ4v) is 2.76. The van der Waals surface area contributed by atoms with E-state index in [2.05, 4.69) is 10.2 Å². The summed E-state index contributed by atoms with van der Waals surface area (Å²) in [6.07, 6.45) is 1.80. The zero-order chi connectivity index (χ0) is 16.2. The van der Waals surface area contributed by atoms with Crippen molar-refractivity contribution in [2.24, 2.45) is 0 Å². The van der Waals surface area contributed by atoms with E-state index in [9.17, 15) is 4.79 Å². The van der Waals surface area contributed by atoms with Crippen LogP contribution >= 0.6 is 12.2 Å². The Bertz CT molecular complexity index is 624. The van der Waals surface area contributed by atoms with E-state index in [-0.39, 0.29) is 5.91 Å².